The van der Waals surface area contributed by atoms with Crippen LogP contribution in [0.3, 0.4) is 0 Å². The Bertz CT molecular complexity index is 530. The van der Waals surface area contributed by atoms with Gasteiger partial charge in [0.2, 0.25) is 0 Å². The molecular weight excluding hydrogens is 306 g/mol. The molecular formula is C13H9BrClFO. The van der Waals surface area contributed by atoms with Crippen LogP contribution < -0.4 is 0 Å². The summed E-state index contributed by atoms with van der Waals surface area (Å²) in [5.74, 6) is -0.542. The van der Waals surface area contributed by atoms with Crippen LogP contribution in [-0.4, -0.2) is 5.11 Å². The van der Waals surface area contributed by atoms with Gasteiger partial charge >= 0.3 is 0 Å². The highest BCUT2D eigenvalue weighted by Crippen LogP contribution is 2.32. The molecule has 2 rings (SSSR count). The van der Waals surface area contributed by atoms with Gasteiger partial charge in [-0.1, -0.05) is 57.9 Å². The van der Waals surface area contributed by atoms with Crippen molar-refractivity contribution in [2.75, 3.05) is 0 Å². The number of aliphatic hydroxyl groups is 1. The first-order chi connectivity index (χ1) is 8.09. The zero-order valence-electron chi connectivity index (χ0n) is 8.70. The summed E-state index contributed by atoms with van der Waals surface area (Å²) in [5.41, 5.74) is 1.16. The highest BCUT2D eigenvalue weighted by Gasteiger charge is 2.16. The highest BCUT2D eigenvalue weighted by atomic mass is 79.9. The van der Waals surface area contributed by atoms with Crippen molar-refractivity contribution in [1.82, 2.24) is 0 Å². The maximum atomic E-state index is 13.4. The van der Waals surface area contributed by atoms with Crippen LogP contribution in [0, 0.1) is 5.82 Å². The summed E-state index contributed by atoms with van der Waals surface area (Å²) in [6.07, 6.45) is -0.877. The molecule has 1 unspecified atom stereocenters. The van der Waals surface area contributed by atoms with Gasteiger partial charge in [0, 0.05) is 10.0 Å². The summed E-state index contributed by atoms with van der Waals surface area (Å²) < 4.78 is 14.0. The second-order valence-corrected chi connectivity index (χ2v) is 4.86. The van der Waals surface area contributed by atoms with Gasteiger partial charge in [-0.15, -0.1) is 0 Å². The summed E-state index contributed by atoms with van der Waals surface area (Å²) in [6, 6.07) is 11.7. The van der Waals surface area contributed by atoms with Crippen molar-refractivity contribution in [2.24, 2.45) is 0 Å². The number of hydrogen-bond donors (Lipinski definition) is 1. The summed E-state index contributed by atoms with van der Waals surface area (Å²) >= 11 is 8.92. The first-order valence-electron chi connectivity index (χ1n) is 4.97. The van der Waals surface area contributed by atoms with E-state index < -0.39 is 11.9 Å². The number of aliphatic hydroxyl groups excluding tert-OH is 1. The molecule has 4 heteroatoms. The van der Waals surface area contributed by atoms with Gasteiger partial charge in [0.1, 0.15) is 11.9 Å². The molecule has 2 aromatic rings. The van der Waals surface area contributed by atoms with E-state index in [1.165, 1.54) is 12.1 Å². The quantitative estimate of drug-likeness (QED) is 0.818. The molecule has 17 heavy (non-hydrogen) atoms. The summed E-state index contributed by atoms with van der Waals surface area (Å²) in [5, 5.41) is 10.2. The Kier molecular flexibility index (Phi) is 3.82. The molecule has 0 spiro atoms. The molecule has 0 aliphatic carbocycles. The Morgan fingerprint density at radius 3 is 2.47 bits per heavy atom. The van der Waals surface area contributed by atoms with E-state index in [2.05, 4.69) is 15.9 Å². The molecule has 1 atom stereocenters. The third kappa shape index (κ3) is 2.68. The molecule has 0 aromatic heterocycles. The third-order valence-corrected chi connectivity index (χ3v) is 3.43. The minimum absolute atomic E-state index is 0.0286. The van der Waals surface area contributed by atoms with Crippen molar-refractivity contribution in [3.8, 4) is 0 Å². The lowest BCUT2D eigenvalue weighted by Crippen LogP contribution is -2.01. The molecule has 88 valence electrons. The van der Waals surface area contributed by atoms with Crippen molar-refractivity contribution in [1.29, 1.82) is 0 Å². The number of halogens is 3. The maximum Gasteiger partial charge on any atom is 0.142 e. The van der Waals surface area contributed by atoms with E-state index in [1.54, 1.807) is 12.1 Å². The number of rotatable bonds is 2. The van der Waals surface area contributed by atoms with E-state index >= 15 is 0 Å². The van der Waals surface area contributed by atoms with Crippen LogP contribution in [0.15, 0.2) is 46.9 Å². The molecule has 0 heterocycles. The summed E-state index contributed by atoms with van der Waals surface area (Å²) in [6.45, 7) is 0. The molecule has 1 N–H and O–H groups in total. The highest BCUT2D eigenvalue weighted by molar-refractivity contribution is 9.10. The van der Waals surface area contributed by atoms with Crippen LogP contribution in [0.4, 0.5) is 4.39 Å². The molecule has 0 saturated heterocycles. The van der Waals surface area contributed by atoms with Crippen molar-refractivity contribution >= 4 is 27.5 Å². The summed E-state index contributed by atoms with van der Waals surface area (Å²) in [7, 11) is 0. The van der Waals surface area contributed by atoms with Crippen molar-refractivity contribution in [2.45, 2.75) is 6.10 Å². The average molecular weight is 316 g/mol. The molecule has 0 aliphatic heterocycles. The SMILES string of the molecule is OC(c1ccccc1)c1cc(F)c(Cl)cc1Br. The monoisotopic (exact) mass is 314 g/mol. The van der Waals surface area contributed by atoms with E-state index in [-0.39, 0.29) is 5.02 Å². The second-order valence-electron chi connectivity index (χ2n) is 3.60. The fourth-order valence-corrected chi connectivity index (χ4v) is 2.42. The average Bonchev–Trinajstić information content (AvgIpc) is 2.34. The van der Waals surface area contributed by atoms with E-state index in [0.29, 0.717) is 15.6 Å². The van der Waals surface area contributed by atoms with Gasteiger partial charge < -0.3 is 5.11 Å². The fraction of sp³-hybridized carbons (Fsp3) is 0.0769. The Labute approximate surface area is 112 Å². The lowest BCUT2D eigenvalue weighted by molar-refractivity contribution is 0.219. The molecule has 1 nitrogen and oxygen atoms in total. The first kappa shape index (κ1) is 12.6. The van der Waals surface area contributed by atoms with Crippen LogP contribution >= 0.6 is 27.5 Å². The summed E-state index contributed by atoms with van der Waals surface area (Å²) in [4.78, 5) is 0. The smallest absolute Gasteiger partial charge is 0.142 e. The standard InChI is InChI=1S/C13H9BrClFO/c14-10-7-11(15)12(16)6-9(10)13(17)8-4-2-1-3-5-8/h1-7,13,17H. The minimum Gasteiger partial charge on any atom is -0.384 e. The zero-order valence-corrected chi connectivity index (χ0v) is 11.0. The van der Waals surface area contributed by atoms with Crippen LogP contribution in [-0.2, 0) is 0 Å². The van der Waals surface area contributed by atoms with E-state index in [0.717, 1.165) is 0 Å². The predicted molar refractivity (Wildman–Crippen MR) is 69.6 cm³/mol. The first-order valence-corrected chi connectivity index (χ1v) is 6.14. The van der Waals surface area contributed by atoms with Gasteiger partial charge in [-0.2, -0.15) is 0 Å². The van der Waals surface area contributed by atoms with Crippen molar-refractivity contribution in [3.63, 3.8) is 0 Å². The Hall–Kier alpha value is -0.900. The van der Waals surface area contributed by atoms with Crippen molar-refractivity contribution in [3.05, 3.63) is 68.9 Å². The van der Waals surface area contributed by atoms with E-state index in [1.807, 2.05) is 18.2 Å². The zero-order chi connectivity index (χ0) is 12.4. The van der Waals surface area contributed by atoms with E-state index in [4.69, 9.17) is 11.6 Å². The molecule has 0 saturated carbocycles. The lowest BCUT2D eigenvalue weighted by atomic mass is 10.0. The third-order valence-electron chi connectivity index (χ3n) is 2.45. The van der Waals surface area contributed by atoms with Gasteiger partial charge in [-0.25, -0.2) is 4.39 Å². The van der Waals surface area contributed by atoms with Crippen LogP contribution in [0.2, 0.25) is 5.02 Å². The minimum atomic E-state index is -0.877. The topological polar surface area (TPSA) is 20.2 Å². The molecule has 0 fully saturated rings. The van der Waals surface area contributed by atoms with Gasteiger partial charge in [-0.3, -0.25) is 0 Å². The molecule has 2 aromatic carbocycles. The predicted octanol–water partition coefficient (Wildman–Crippen LogP) is 4.32. The van der Waals surface area contributed by atoms with Gasteiger partial charge in [-0.05, 0) is 17.7 Å². The van der Waals surface area contributed by atoms with Crippen LogP contribution in [0.5, 0.6) is 0 Å². The molecule has 0 amide bonds. The molecule has 0 bridgehead atoms. The van der Waals surface area contributed by atoms with Crippen molar-refractivity contribution < 1.29 is 9.50 Å². The van der Waals surface area contributed by atoms with Crippen LogP contribution in [0.1, 0.15) is 17.2 Å². The van der Waals surface area contributed by atoms with E-state index in [9.17, 15) is 9.50 Å². The Morgan fingerprint density at radius 1 is 1.18 bits per heavy atom. The number of hydrogen-bond acceptors (Lipinski definition) is 1. The van der Waals surface area contributed by atoms with Gasteiger partial charge in [0.05, 0.1) is 5.02 Å². The fourth-order valence-electron chi connectivity index (χ4n) is 1.56. The molecule has 0 radical (unpaired) electrons. The Morgan fingerprint density at radius 2 is 1.82 bits per heavy atom. The largest absolute Gasteiger partial charge is 0.384 e. The lowest BCUT2D eigenvalue weighted by Gasteiger charge is -2.13. The second kappa shape index (κ2) is 5.17. The maximum absolute atomic E-state index is 13.4. The van der Waals surface area contributed by atoms with Gasteiger partial charge in [0.15, 0.2) is 0 Å². The Balaban J connectivity index is 2.44. The normalized spacial score (nSPS) is 12.5. The van der Waals surface area contributed by atoms with Gasteiger partial charge in [0.25, 0.3) is 0 Å². The number of benzene rings is 2. The molecule has 0 aliphatic rings. The van der Waals surface area contributed by atoms with Crippen LogP contribution in [0.25, 0.3) is 0 Å².